The molecule has 40 heavy (non-hydrogen) atoms. The molecule has 0 aromatic heterocycles. The molecule has 0 unspecified atom stereocenters. The minimum atomic E-state index is -0.431. The Kier molecular flexibility index (Phi) is 10.5. The van der Waals surface area contributed by atoms with Gasteiger partial charge in [0.05, 0.1) is 31.8 Å². The highest BCUT2D eigenvalue weighted by Crippen LogP contribution is 2.25. The molecule has 3 aliphatic heterocycles. The van der Waals surface area contributed by atoms with Crippen LogP contribution in [-0.2, 0) is 32.1 Å². The van der Waals surface area contributed by atoms with Crippen LogP contribution in [0.2, 0.25) is 0 Å². The van der Waals surface area contributed by atoms with Crippen LogP contribution in [0.3, 0.4) is 0 Å². The molecular weight excluding hydrogens is 512 g/mol. The SMILES string of the molecule is CN(C)CC(=O)N1CC[C@@H]2OCc3cccc(c3)Oc3ccc(cc3)CCC(=O)N(CCCO)CC(=O)N[C@H]2C1. The largest absolute Gasteiger partial charge is 0.457 e. The van der Waals surface area contributed by atoms with Gasteiger partial charge in [0.25, 0.3) is 0 Å². The maximum Gasteiger partial charge on any atom is 0.239 e. The molecule has 4 bridgehead atoms. The number of hydrogen-bond acceptors (Lipinski definition) is 7. The number of aryl methyl sites for hydroxylation is 1. The third-order valence-corrected chi connectivity index (χ3v) is 7.12. The van der Waals surface area contributed by atoms with Crippen molar-refractivity contribution in [3.63, 3.8) is 0 Å². The molecule has 216 valence electrons. The minimum absolute atomic E-state index is 0.00956. The molecule has 2 aromatic rings. The number of nitrogens with one attached hydrogen (secondary N) is 1. The standard InChI is InChI=1S/C30H40N4O6/c1-32(2)20-30(38)34-15-13-27-26(18-34)31-28(36)19-33(14-4-16-35)29(37)12-9-22-7-10-24(11-8-22)40-25-6-3-5-23(17-25)21-39-27/h3,5-8,10-11,17,26-27,35H,4,9,12-16,18-21H2,1-2H3,(H,31,36)/t26-,27-/m0/s1. The lowest BCUT2D eigenvalue weighted by atomic mass is 10.0. The maximum atomic E-state index is 13.2. The van der Waals surface area contributed by atoms with E-state index in [2.05, 4.69) is 5.32 Å². The fourth-order valence-electron chi connectivity index (χ4n) is 5.02. The van der Waals surface area contributed by atoms with Crippen LogP contribution in [0, 0.1) is 0 Å². The molecular formula is C30H40N4O6. The van der Waals surface area contributed by atoms with Gasteiger partial charge < -0.3 is 34.6 Å². The summed E-state index contributed by atoms with van der Waals surface area (Å²) in [5.41, 5.74) is 1.92. The number of nitrogens with zero attached hydrogens (tertiary/aromatic N) is 3. The maximum absolute atomic E-state index is 13.2. The third kappa shape index (κ3) is 8.51. The molecule has 3 amide bonds. The second-order valence-corrected chi connectivity index (χ2v) is 10.7. The highest BCUT2D eigenvalue weighted by molar-refractivity contribution is 5.85. The molecule has 1 fully saturated rings. The summed E-state index contributed by atoms with van der Waals surface area (Å²) in [4.78, 5) is 44.2. The zero-order valence-corrected chi connectivity index (χ0v) is 23.4. The Hall–Kier alpha value is -3.47. The summed E-state index contributed by atoms with van der Waals surface area (Å²) < 4.78 is 12.4. The van der Waals surface area contributed by atoms with Crippen molar-refractivity contribution >= 4 is 17.7 Å². The number of carbonyl (C=O) groups excluding carboxylic acids is 3. The first kappa shape index (κ1) is 29.5. The summed E-state index contributed by atoms with van der Waals surface area (Å²) in [6.45, 7) is 1.54. The van der Waals surface area contributed by atoms with Crippen LogP contribution in [0.25, 0.3) is 0 Å². The first-order valence-corrected chi connectivity index (χ1v) is 13.9. The molecule has 3 heterocycles. The lowest BCUT2D eigenvalue weighted by molar-refractivity contribution is -0.139. The summed E-state index contributed by atoms with van der Waals surface area (Å²) in [6.07, 6.45) is 1.40. The van der Waals surface area contributed by atoms with Crippen molar-refractivity contribution in [1.82, 2.24) is 20.0 Å². The summed E-state index contributed by atoms with van der Waals surface area (Å²) >= 11 is 0. The highest BCUT2D eigenvalue weighted by Gasteiger charge is 2.34. The van der Waals surface area contributed by atoms with Crippen molar-refractivity contribution in [2.24, 2.45) is 0 Å². The molecule has 2 atom stereocenters. The van der Waals surface area contributed by atoms with Crippen LogP contribution in [0.1, 0.15) is 30.4 Å². The van der Waals surface area contributed by atoms with E-state index in [9.17, 15) is 19.5 Å². The third-order valence-electron chi connectivity index (χ3n) is 7.12. The number of amides is 3. The van der Waals surface area contributed by atoms with E-state index in [0.29, 0.717) is 50.5 Å². The van der Waals surface area contributed by atoms with E-state index in [1.54, 1.807) is 4.90 Å². The lowest BCUT2D eigenvalue weighted by Gasteiger charge is -2.39. The van der Waals surface area contributed by atoms with Gasteiger partial charge in [-0.25, -0.2) is 0 Å². The number of hydrogen-bond donors (Lipinski definition) is 2. The van der Waals surface area contributed by atoms with E-state index in [4.69, 9.17) is 9.47 Å². The fraction of sp³-hybridized carbons (Fsp3) is 0.500. The molecule has 2 aromatic carbocycles. The van der Waals surface area contributed by atoms with Crippen molar-refractivity contribution in [2.75, 3.05) is 53.4 Å². The van der Waals surface area contributed by atoms with Gasteiger partial charge in [-0.05, 0) is 68.8 Å². The van der Waals surface area contributed by atoms with E-state index in [1.807, 2.05) is 67.5 Å². The summed E-state index contributed by atoms with van der Waals surface area (Å²) in [5.74, 6) is 0.905. The number of benzene rings is 2. The summed E-state index contributed by atoms with van der Waals surface area (Å²) in [5, 5.41) is 12.4. The smallest absolute Gasteiger partial charge is 0.239 e. The number of rotatable bonds is 5. The van der Waals surface area contributed by atoms with Gasteiger partial charge in [0, 0.05) is 32.7 Å². The predicted molar refractivity (Wildman–Crippen MR) is 150 cm³/mol. The topological polar surface area (TPSA) is 112 Å². The molecule has 1 saturated heterocycles. The van der Waals surface area contributed by atoms with Gasteiger partial charge in [-0.2, -0.15) is 0 Å². The molecule has 0 aliphatic carbocycles. The Balaban J connectivity index is 1.57. The Labute approximate surface area is 235 Å². The summed E-state index contributed by atoms with van der Waals surface area (Å²) in [7, 11) is 3.69. The Morgan fingerprint density at radius 3 is 2.62 bits per heavy atom. The van der Waals surface area contributed by atoms with Crippen molar-refractivity contribution < 1.29 is 29.0 Å². The first-order valence-electron chi connectivity index (χ1n) is 13.9. The van der Waals surface area contributed by atoms with Gasteiger partial charge in [0.2, 0.25) is 17.7 Å². The zero-order chi connectivity index (χ0) is 28.5. The first-order chi connectivity index (χ1) is 19.3. The van der Waals surface area contributed by atoms with Gasteiger partial charge in [0.1, 0.15) is 11.5 Å². The normalized spacial score (nSPS) is 20.7. The second-order valence-electron chi connectivity index (χ2n) is 10.7. The average molecular weight is 553 g/mol. The molecule has 10 heteroatoms. The van der Waals surface area contributed by atoms with E-state index < -0.39 is 6.04 Å². The molecule has 2 N–H and O–H groups in total. The molecule has 5 rings (SSSR count). The van der Waals surface area contributed by atoms with Crippen molar-refractivity contribution in [2.45, 2.75) is 44.4 Å². The average Bonchev–Trinajstić information content (AvgIpc) is 2.93. The number of piperidine rings is 1. The number of ether oxygens (including phenoxy) is 2. The van der Waals surface area contributed by atoms with Gasteiger partial charge in [0.15, 0.2) is 0 Å². The van der Waals surface area contributed by atoms with E-state index >= 15 is 0 Å². The van der Waals surface area contributed by atoms with E-state index in [0.717, 1.165) is 11.1 Å². The van der Waals surface area contributed by atoms with Gasteiger partial charge in [-0.3, -0.25) is 14.4 Å². The highest BCUT2D eigenvalue weighted by atomic mass is 16.5. The van der Waals surface area contributed by atoms with Crippen LogP contribution >= 0.6 is 0 Å². The van der Waals surface area contributed by atoms with Crippen molar-refractivity contribution in [1.29, 1.82) is 0 Å². The molecule has 0 saturated carbocycles. The Morgan fingerprint density at radius 1 is 1.07 bits per heavy atom. The van der Waals surface area contributed by atoms with Crippen LogP contribution in [0.4, 0.5) is 0 Å². The van der Waals surface area contributed by atoms with Crippen LogP contribution in [0.5, 0.6) is 11.5 Å². The fourth-order valence-corrected chi connectivity index (χ4v) is 5.02. The summed E-state index contributed by atoms with van der Waals surface area (Å²) in [6, 6.07) is 14.9. The predicted octanol–water partition coefficient (Wildman–Crippen LogP) is 1.80. The monoisotopic (exact) mass is 552 g/mol. The number of likely N-dealkylation sites (tertiary alicyclic amines) is 1. The molecule has 10 nitrogen and oxygen atoms in total. The Bertz CT molecular complexity index is 1160. The van der Waals surface area contributed by atoms with Crippen LogP contribution in [-0.4, -0.2) is 103 Å². The van der Waals surface area contributed by atoms with Crippen molar-refractivity contribution in [3.8, 4) is 11.5 Å². The molecule has 0 radical (unpaired) electrons. The Morgan fingerprint density at radius 2 is 1.88 bits per heavy atom. The number of aliphatic hydroxyl groups excluding tert-OH is 1. The molecule has 3 aliphatic rings. The van der Waals surface area contributed by atoms with Crippen LogP contribution < -0.4 is 10.1 Å². The quantitative estimate of drug-likeness (QED) is 0.582. The van der Waals surface area contributed by atoms with Crippen molar-refractivity contribution in [3.05, 3.63) is 59.7 Å². The number of carbonyl (C=O) groups is 3. The van der Waals surface area contributed by atoms with E-state index in [-0.39, 0.29) is 56.5 Å². The zero-order valence-electron chi connectivity index (χ0n) is 23.4. The lowest BCUT2D eigenvalue weighted by Crippen LogP contribution is -2.59. The van der Waals surface area contributed by atoms with Crippen LogP contribution in [0.15, 0.2) is 48.5 Å². The molecule has 0 spiro atoms. The van der Waals surface area contributed by atoms with E-state index in [1.165, 1.54) is 4.90 Å². The van der Waals surface area contributed by atoms with Gasteiger partial charge in [-0.1, -0.05) is 24.3 Å². The number of aliphatic hydroxyl groups is 1. The van der Waals surface area contributed by atoms with Gasteiger partial charge in [-0.15, -0.1) is 0 Å². The number of fused-ring (bicyclic) bond motifs is 9. The van der Waals surface area contributed by atoms with Gasteiger partial charge >= 0.3 is 0 Å². The number of likely N-dealkylation sites (N-methyl/N-ethyl adjacent to an activating group) is 1. The second kappa shape index (κ2) is 14.2. The minimum Gasteiger partial charge on any atom is -0.457 e.